The standard InChI is InChI=1S/C18H22N4O4S/c1-21(2)27(24,25)16-8-6-14(7-9-16)17(23)22-12-3-5-15(13-22)26-18-19-10-4-11-20-18/h4,6-11,15H,3,5,12-13H2,1-2H3. The summed E-state index contributed by atoms with van der Waals surface area (Å²) in [5, 5.41) is 0. The Labute approximate surface area is 158 Å². The van der Waals surface area contributed by atoms with E-state index < -0.39 is 10.0 Å². The van der Waals surface area contributed by atoms with Crippen molar-refractivity contribution in [3.63, 3.8) is 0 Å². The van der Waals surface area contributed by atoms with E-state index in [1.807, 2.05) is 0 Å². The molecule has 1 unspecified atom stereocenters. The maximum absolute atomic E-state index is 12.8. The third-order valence-electron chi connectivity index (χ3n) is 4.36. The van der Waals surface area contributed by atoms with Crippen LogP contribution in [0.1, 0.15) is 23.2 Å². The van der Waals surface area contributed by atoms with Crippen LogP contribution >= 0.6 is 0 Å². The van der Waals surface area contributed by atoms with Gasteiger partial charge in [-0.05, 0) is 43.2 Å². The van der Waals surface area contributed by atoms with Crippen molar-refractivity contribution in [1.29, 1.82) is 0 Å². The highest BCUT2D eigenvalue weighted by atomic mass is 32.2. The van der Waals surface area contributed by atoms with Crippen molar-refractivity contribution in [2.24, 2.45) is 0 Å². The minimum atomic E-state index is -3.51. The van der Waals surface area contributed by atoms with Gasteiger partial charge in [0.1, 0.15) is 6.10 Å². The molecule has 0 spiro atoms. The number of hydrogen-bond donors (Lipinski definition) is 0. The predicted octanol–water partition coefficient (Wildman–Crippen LogP) is 1.41. The van der Waals surface area contributed by atoms with Gasteiger partial charge in [0.25, 0.3) is 5.91 Å². The molecule has 27 heavy (non-hydrogen) atoms. The molecule has 0 radical (unpaired) electrons. The smallest absolute Gasteiger partial charge is 0.316 e. The summed E-state index contributed by atoms with van der Waals surface area (Å²) in [4.78, 5) is 22.7. The molecule has 1 aliphatic heterocycles. The Bertz CT molecular complexity index is 885. The lowest BCUT2D eigenvalue weighted by Gasteiger charge is -2.32. The van der Waals surface area contributed by atoms with E-state index in [-0.39, 0.29) is 16.9 Å². The number of benzene rings is 1. The lowest BCUT2D eigenvalue weighted by Crippen LogP contribution is -2.44. The van der Waals surface area contributed by atoms with Crippen LogP contribution in [0.5, 0.6) is 6.01 Å². The topological polar surface area (TPSA) is 92.7 Å². The average molecular weight is 390 g/mol. The van der Waals surface area contributed by atoms with Crippen LogP contribution < -0.4 is 4.74 Å². The Morgan fingerprint density at radius 1 is 1.19 bits per heavy atom. The van der Waals surface area contributed by atoms with Crippen LogP contribution in [0.25, 0.3) is 0 Å². The van der Waals surface area contributed by atoms with Crippen LogP contribution in [-0.4, -0.2) is 66.8 Å². The highest BCUT2D eigenvalue weighted by molar-refractivity contribution is 7.89. The monoisotopic (exact) mass is 390 g/mol. The van der Waals surface area contributed by atoms with Gasteiger partial charge in [0.15, 0.2) is 0 Å². The zero-order chi connectivity index (χ0) is 19.4. The number of hydrogen-bond acceptors (Lipinski definition) is 6. The Balaban J connectivity index is 1.68. The molecule has 2 heterocycles. The minimum Gasteiger partial charge on any atom is -0.458 e. The van der Waals surface area contributed by atoms with Crippen molar-refractivity contribution < 1.29 is 17.9 Å². The summed E-state index contributed by atoms with van der Waals surface area (Å²) in [6.07, 6.45) is 4.69. The molecule has 1 saturated heterocycles. The fourth-order valence-corrected chi connectivity index (χ4v) is 3.78. The molecule has 144 valence electrons. The molecule has 1 amide bonds. The van der Waals surface area contributed by atoms with Gasteiger partial charge in [0.2, 0.25) is 10.0 Å². The molecule has 1 aromatic heterocycles. The summed E-state index contributed by atoms with van der Waals surface area (Å²) in [6.45, 7) is 1.07. The fourth-order valence-electron chi connectivity index (χ4n) is 2.88. The third-order valence-corrected chi connectivity index (χ3v) is 6.19. The van der Waals surface area contributed by atoms with Gasteiger partial charge < -0.3 is 9.64 Å². The first-order chi connectivity index (χ1) is 12.9. The van der Waals surface area contributed by atoms with Crippen molar-refractivity contribution in [3.05, 3.63) is 48.3 Å². The lowest BCUT2D eigenvalue weighted by atomic mass is 10.1. The summed E-state index contributed by atoms with van der Waals surface area (Å²) < 4.78 is 31.2. The van der Waals surface area contributed by atoms with Crippen LogP contribution in [0, 0.1) is 0 Å². The first kappa shape index (κ1) is 19.2. The quantitative estimate of drug-likeness (QED) is 0.766. The molecule has 0 bridgehead atoms. The molecule has 1 aromatic carbocycles. The molecule has 8 nitrogen and oxygen atoms in total. The summed E-state index contributed by atoms with van der Waals surface area (Å²) in [5.74, 6) is -0.147. The highest BCUT2D eigenvalue weighted by Crippen LogP contribution is 2.19. The summed E-state index contributed by atoms with van der Waals surface area (Å²) in [6, 6.07) is 8.02. The SMILES string of the molecule is CN(C)S(=O)(=O)c1ccc(C(=O)N2CCCC(Oc3ncccn3)C2)cc1. The van der Waals surface area contributed by atoms with E-state index in [2.05, 4.69) is 9.97 Å². The van der Waals surface area contributed by atoms with Gasteiger partial charge in [0.05, 0.1) is 11.4 Å². The third kappa shape index (κ3) is 4.42. The van der Waals surface area contributed by atoms with E-state index >= 15 is 0 Å². The van der Waals surface area contributed by atoms with Crippen LogP contribution in [0.4, 0.5) is 0 Å². The maximum atomic E-state index is 12.8. The van der Waals surface area contributed by atoms with E-state index in [9.17, 15) is 13.2 Å². The zero-order valence-corrected chi connectivity index (χ0v) is 16.1. The number of carbonyl (C=O) groups is 1. The van der Waals surface area contributed by atoms with Gasteiger partial charge in [-0.2, -0.15) is 0 Å². The first-order valence-electron chi connectivity index (χ1n) is 8.63. The van der Waals surface area contributed by atoms with Gasteiger partial charge in [-0.3, -0.25) is 4.79 Å². The molecule has 1 atom stereocenters. The second kappa shape index (κ2) is 8.01. The Kier molecular flexibility index (Phi) is 5.71. The van der Waals surface area contributed by atoms with Gasteiger partial charge in [-0.25, -0.2) is 22.7 Å². The number of nitrogens with zero attached hydrogens (tertiary/aromatic N) is 4. The second-order valence-corrected chi connectivity index (χ2v) is 8.63. The van der Waals surface area contributed by atoms with Crippen LogP contribution in [-0.2, 0) is 10.0 Å². The average Bonchev–Trinajstić information content (AvgIpc) is 2.68. The fraction of sp³-hybridized carbons (Fsp3) is 0.389. The highest BCUT2D eigenvalue weighted by Gasteiger charge is 2.26. The van der Waals surface area contributed by atoms with E-state index in [1.165, 1.54) is 26.2 Å². The lowest BCUT2D eigenvalue weighted by molar-refractivity contribution is 0.0515. The molecule has 1 fully saturated rings. The molecule has 0 saturated carbocycles. The normalized spacial score (nSPS) is 17.7. The number of likely N-dealkylation sites (tertiary alicyclic amines) is 1. The van der Waals surface area contributed by atoms with Crippen LogP contribution in [0.2, 0.25) is 0 Å². The maximum Gasteiger partial charge on any atom is 0.316 e. The van der Waals surface area contributed by atoms with E-state index in [4.69, 9.17) is 4.74 Å². The van der Waals surface area contributed by atoms with Gasteiger partial charge in [-0.1, -0.05) is 0 Å². The van der Waals surface area contributed by atoms with Gasteiger partial charge in [-0.15, -0.1) is 0 Å². The molecule has 0 aliphatic carbocycles. The largest absolute Gasteiger partial charge is 0.458 e. The molecule has 2 aromatic rings. The van der Waals surface area contributed by atoms with Crippen molar-refractivity contribution in [2.75, 3.05) is 27.2 Å². The predicted molar refractivity (Wildman–Crippen MR) is 98.9 cm³/mol. The van der Waals surface area contributed by atoms with Crippen molar-refractivity contribution in [1.82, 2.24) is 19.2 Å². The number of sulfonamides is 1. The number of aromatic nitrogens is 2. The van der Waals surface area contributed by atoms with Crippen molar-refractivity contribution in [2.45, 2.75) is 23.8 Å². The summed E-state index contributed by atoms with van der Waals surface area (Å²) in [7, 11) is -0.571. The number of carbonyl (C=O) groups excluding carboxylic acids is 1. The zero-order valence-electron chi connectivity index (χ0n) is 15.3. The number of amides is 1. The van der Waals surface area contributed by atoms with Crippen molar-refractivity contribution >= 4 is 15.9 Å². The van der Waals surface area contributed by atoms with E-state index in [0.717, 1.165) is 17.1 Å². The number of piperidine rings is 1. The van der Waals surface area contributed by atoms with E-state index in [1.54, 1.807) is 35.5 Å². The molecule has 3 rings (SSSR count). The Hall–Kier alpha value is -2.52. The second-order valence-electron chi connectivity index (χ2n) is 6.48. The number of ether oxygens (including phenoxy) is 1. The summed E-state index contributed by atoms with van der Waals surface area (Å²) in [5.41, 5.74) is 0.448. The van der Waals surface area contributed by atoms with Crippen LogP contribution in [0.15, 0.2) is 47.6 Å². The van der Waals surface area contributed by atoms with Gasteiger partial charge >= 0.3 is 6.01 Å². The molecular weight excluding hydrogens is 368 g/mol. The first-order valence-corrected chi connectivity index (χ1v) is 10.1. The Morgan fingerprint density at radius 2 is 1.85 bits per heavy atom. The molecule has 9 heteroatoms. The molecular formula is C18H22N4O4S. The molecule has 0 N–H and O–H groups in total. The summed E-state index contributed by atoms with van der Waals surface area (Å²) >= 11 is 0. The molecule has 1 aliphatic rings. The van der Waals surface area contributed by atoms with E-state index in [0.29, 0.717) is 24.7 Å². The minimum absolute atomic E-state index is 0.147. The Morgan fingerprint density at radius 3 is 2.48 bits per heavy atom. The number of rotatable bonds is 5. The van der Waals surface area contributed by atoms with Crippen LogP contribution in [0.3, 0.4) is 0 Å². The van der Waals surface area contributed by atoms with Crippen molar-refractivity contribution in [3.8, 4) is 6.01 Å². The van der Waals surface area contributed by atoms with Gasteiger partial charge in [0, 0.05) is 38.6 Å².